The van der Waals surface area contributed by atoms with Crippen LogP contribution in [0.1, 0.15) is 6.92 Å². The molecule has 0 saturated carbocycles. The number of benzene rings is 1. The zero-order valence-corrected chi connectivity index (χ0v) is 12.1. The molecule has 1 aromatic rings. The van der Waals surface area contributed by atoms with Gasteiger partial charge in [0.2, 0.25) is 10.0 Å². The topological polar surface area (TPSA) is 115 Å². The number of nitrogens with one attached hydrogen (secondary N) is 1. The molecule has 0 heterocycles. The van der Waals surface area contributed by atoms with Crippen molar-refractivity contribution in [2.45, 2.75) is 17.9 Å². The third-order valence-corrected chi connectivity index (χ3v) is 4.36. The van der Waals surface area contributed by atoms with E-state index < -0.39 is 36.6 Å². The lowest BCUT2D eigenvalue weighted by molar-refractivity contribution is -0.384. The minimum Gasteiger partial charge on any atom is -0.327 e. The molecule has 0 aliphatic heterocycles. The number of nitrogens with zero attached hydrogens (tertiary/aromatic N) is 1. The molecule has 1 atom stereocenters. The molecule has 0 fully saturated rings. The number of hydrogen-bond donors (Lipinski definition) is 2. The summed E-state index contributed by atoms with van der Waals surface area (Å²) < 4.78 is 26.1. The summed E-state index contributed by atoms with van der Waals surface area (Å²) in [6, 6.07) is 1.79. The zero-order chi connectivity index (χ0) is 14.8. The van der Waals surface area contributed by atoms with Crippen LogP contribution in [0.15, 0.2) is 17.0 Å². The smallest absolute Gasteiger partial charge is 0.307 e. The lowest BCUT2D eigenvalue weighted by Crippen LogP contribution is -2.35. The lowest BCUT2D eigenvalue weighted by Gasteiger charge is -2.10. The molecule has 0 aliphatic rings. The summed E-state index contributed by atoms with van der Waals surface area (Å²) in [7, 11) is -3.98. The van der Waals surface area contributed by atoms with Gasteiger partial charge in [-0.15, -0.1) is 0 Å². The Morgan fingerprint density at radius 2 is 2.05 bits per heavy atom. The van der Waals surface area contributed by atoms with Gasteiger partial charge in [-0.2, -0.15) is 0 Å². The van der Waals surface area contributed by atoms with E-state index in [1.165, 1.54) is 0 Å². The monoisotopic (exact) mass is 327 g/mol. The molecular weight excluding hydrogens is 317 g/mol. The van der Waals surface area contributed by atoms with Crippen LogP contribution >= 0.6 is 23.2 Å². The fourth-order valence-corrected chi connectivity index (χ4v) is 3.25. The van der Waals surface area contributed by atoms with Gasteiger partial charge in [-0.05, 0) is 19.1 Å². The molecule has 0 aromatic heterocycles. The Labute approximate surface area is 119 Å². The van der Waals surface area contributed by atoms with Crippen LogP contribution < -0.4 is 10.5 Å². The summed E-state index contributed by atoms with van der Waals surface area (Å²) in [6.07, 6.45) is 0. The van der Waals surface area contributed by atoms with E-state index in [-0.39, 0.29) is 11.6 Å². The van der Waals surface area contributed by atoms with Gasteiger partial charge in [0.05, 0.1) is 4.92 Å². The van der Waals surface area contributed by atoms with Crippen LogP contribution in [0.3, 0.4) is 0 Å². The molecule has 3 N–H and O–H groups in total. The lowest BCUT2D eigenvalue weighted by atomic mass is 10.3. The molecule has 0 aliphatic carbocycles. The normalized spacial score (nSPS) is 13.3. The van der Waals surface area contributed by atoms with Crippen molar-refractivity contribution >= 4 is 38.9 Å². The second-order valence-electron chi connectivity index (χ2n) is 3.79. The summed E-state index contributed by atoms with van der Waals surface area (Å²) in [5, 5.41) is 10.0. The summed E-state index contributed by atoms with van der Waals surface area (Å²) in [6.45, 7) is 1.59. The first kappa shape index (κ1) is 16.1. The Balaban J connectivity index is 3.29. The van der Waals surface area contributed by atoms with Crippen molar-refractivity contribution in [2.24, 2.45) is 5.73 Å². The molecule has 19 heavy (non-hydrogen) atoms. The van der Waals surface area contributed by atoms with E-state index in [1.807, 2.05) is 0 Å². The average Bonchev–Trinajstić information content (AvgIpc) is 2.25. The third kappa shape index (κ3) is 3.77. The van der Waals surface area contributed by atoms with Gasteiger partial charge in [-0.3, -0.25) is 10.1 Å². The van der Waals surface area contributed by atoms with Gasteiger partial charge in [0.1, 0.15) is 14.9 Å². The van der Waals surface area contributed by atoms with Crippen LogP contribution in [-0.2, 0) is 10.0 Å². The Morgan fingerprint density at radius 1 is 1.47 bits per heavy atom. The van der Waals surface area contributed by atoms with Crippen molar-refractivity contribution in [3.8, 4) is 0 Å². The predicted octanol–water partition coefficient (Wildman–Crippen LogP) is 1.53. The minimum absolute atomic E-state index is 0.0188. The number of nitro groups is 1. The van der Waals surface area contributed by atoms with Crippen molar-refractivity contribution in [1.29, 1.82) is 0 Å². The minimum atomic E-state index is -3.98. The van der Waals surface area contributed by atoms with Crippen molar-refractivity contribution < 1.29 is 13.3 Å². The molecule has 10 heteroatoms. The highest BCUT2D eigenvalue weighted by molar-refractivity contribution is 7.89. The van der Waals surface area contributed by atoms with Crippen molar-refractivity contribution in [3.63, 3.8) is 0 Å². The summed E-state index contributed by atoms with van der Waals surface area (Å²) >= 11 is 11.3. The number of nitro benzene ring substituents is 1. The summed E-state index contributed by atoms with van der Waals surface area (Å²) in [5.74, 6) is 0. The third-order valence-electron chi connectivity index (χ3n) is 2.10. The van der Waals surface area contributed by atoms with Gasteiger partial charge in [0.25, 0.3) is 0 Å². The van der Waals surface area contributed by atoms with Gasteiger partial charge in [0, 0.05) is 12.6 Å². The highest BCUT2D eigenvalue weighted by atomic mass is 35.5. The molecular formula is C9H11Cl2N3O4S. The van der Waals surface area contributed by atoms with Gasteiger partial charge < -0.3 is 5.73 Å². The van der Waals surface area contributed by atoms with Gasteiger partial charge in [0.15, 0.2) is 0 Å². The summed E-state index contributed by atoms with van der Waals surface area (Å²) in [4.78, 5) is 9.54. The maximum atomic E-state index is 11.9. The largest absolute Gasteiger partial charge is 0.327 e. The number of rotatable bonds is 5. The molecule has 1 unspecified atom stereocenters. The van der Waals surface area contributed by atoms with E-state index in [2.05, 4.69) is 4.72 Å². The average molecular weight is 328 g/mol. The van der Waals surface area contributed by atoms with Crippen molar-refractivity contribution in [2.75, 3.05) is 6.54 Å². The maximum absolute atomic E-state index is 11.9. The Kier molecular flexibility index (Phi) is 5.11. The van der Waals surface area contributed by atoms with Crippen LogP contribution in [0.5, 0.6) is 0 Å². The molecule has 1 rings (SSSR count). The second-order valence-corrected chi connectivity index (χ2v) is 6.31. The first-order valence-electron chi connectivity index (χ1n) is 5.04. The SMILES string of the molecule is CC(N)CNS(=O)(=O)c1ccc(Cl)c([N+](=O)[O-])c1Cl. The Hall–Kier alpha value is -0.930. The molecule has 0 saturated heterocycles. The van der Waals surface area contributed by atoms with Crippen molar-refractivity contribution in [3.05, 3.63) is 32.3 Å². The van der Waals surface area contributed by atoms with E-state index in [1.54, 1.807) is 6.92 Å². The standard InChI is InChI=1S/C9H11Cl2N3O4S/c1-5(12)4-13-19(17,18)7-3-2-6(10)9(8(7)11)14(15)16/h2-3,5,13H,4,12H2,1H3. The number of hydrogen-bond acceptors (Lipinski definition) is 5. The van der Waals surface area contributed by atoms with E-state index >= 15 is 0 Å². The zero-order valence-electron chi connectivity index (χ0n) is 9.76. The molecule has 7 nitrogen and oxygen atoms in total. The maximum Gasteiger partial charge on any atom is 0.307 e. The fourth-order valence-electron chi connectivity index (χ4n) is 1.22. The van der Waals surface area contributed by atoms with E-state index in [0.717, 1.165) is 12.1 Å². The Bertz CT molecular complexity index is 604. The molecule has 0 bridgehead atoms. The van der Waals surface area contributed by atoms with Gasteiger partial charge >= 0.3 is 5.69 Å². The van der Waals surface area contributed by atoms with Crippen molar-refractivity contribution in [1.82, 2.24) is 4.72 Å². The predicted molar refractivity (Wildman–Crippen MR) is 72.0 cm³/mol. The highest BCUT2D eigenvalue weighted by Crippen LogP contribution is 2.36. The van der Waals surface area contributed by atoms with Gasteiger partial charge in [-0.1, -0.05) is 23.2 Å². The number of nitrogens with two attached hydrogens (primary N) is 1. The first-order chi connectivity index (χ1) is 8.66. The summed E-state index contributed by atoms with van der Waals surface area (Å²) in [5.41, 5.74) is 4.78. The van der Waals surface area contributed by atoms with Gasteiger partial charge in [-0.25, -0.2) is 13.1 Å². The van der Waals surface area contributed by atoms with Crippen LogP contribution in [0.2, 0.25) is 10.0 Å². The van der Waals surface area contributed by atoms with E-state index in [4.69, 9.17) is 28.9 Å². The van der Waals surface area contributed by atoms with E-state index in [9.17, 15) is 18.5 Å². The quantitative estimate of drug-likeness (QED) is 0.628. The van der Waals surface area contributed by atoms with Crippen LogP contribution in [0.25, 0.3) is 0 Å². The molecule has 106 valence electrons. The second kappa shape index (κ2) is 6.02. The van der Waals surface area contributed by atoms with Crippen LogP contribution in [-0.4, -0.2) is 25.9 Å². The number of sulfonamides is 1. The highest BCUT2D eigenvalue weighted by Gasteiger charge is 2.27. The fraction of sp³-hybridized carbons (Fsp3) is 0.333. The molecule has 0 spiro atoms. The molecule has 0 amide bonds. The van der Waals surface area contributed by atoms with Crippen LogP contribution in [0, 0.1) is 10.1 Å². The molecule has 0 radical (unpaired) electrons. The van der Waals surface area contributed by atoms with E-state index in [0.29, 0.717) is 0 Å². The Morgan fingerprint density at radius 3 is 2.53 bits per heavy atom. The molecule has 1 aromatic carbocycles. The first-order valence-corrected chi connectivity index (χ1v) is 7.28. The number of halogens is 2. The van der Waals surface area contributed by atoms with Crippen LogP contribution in [0.4, 0.5) is 5.69 Å².